The molecule has 0 aliphatic carbocycles. The molecule has 0 amide bonds. The van der Waals surface area contributed by atoms with Gasteiger partial charge in [-0.05, 0) is 26.1 Å². The summed E-state index contributed by atoms with van der Waals surface area (Å²) in [7, 11) is 0. The molecule has 0 bridgehead atoms. The second-order valence-electron chi connectivity index (χ2n) is 2.44. The van der Waals surface area contributed by atoms with Gasteiger partial charge in [-0.25, -0.2) is 0 Å². The molecule has 0 radical (unpaired) electrons. The van der Waals surface area contributed by atoms with E-state index in [-0.39, 0.29) is 0 Å². The summed E-state index contributed by atoms with van der Waals surface area (Å²) in [5, 5.41) is 10.2. The molecule has 14 heavy (non-hydrogen) atoms. The quantitative estimate of drug-likeness (QED) is 0.679. The summed E-state index contributed by atoms with van der Waals surface area (Å²) in [6.07, 6.45) is 0. The summed E-state index contributed by atoms with van der Waals surface area (Å²) < 4.78 is 4.09. The molecule has 1 rings (SSSR count). The van der Waals surface area contributed by atoms with E-state index in [0.29, 0.717) is 16.2 Å². The minimum Gasteiger partial charge on any atom is -0.363 e. The molecule has 0 fully saturated rings. The number of thiocarbonyl (C=S) groups is 1. The van der Waals surface area contributed by atoms with Gasteiger partial charge in [0.1, 0.15) is 0 Å². The lowest BCUT2D eigenvalue weighted by atomic mass is 10.7. The standard InChI is InChI=1S/C7H13N5S2/c1-3-8-5-10-7(14-12-5)11-6(13)9-4-2/h3-4H2,1-2H3,(H3,8,9,10,11,12,13). The van der Waals surface area contributed by atoms with E-state index in [2.05, 4.69) is 25.3 Å². The van der Waals surface area contributed by atoms with E-state index in [1.54, 1.807) is 0 Å². The minimum absolute atomic E-state index is 0.576. The van der Waals surface area contributed by atoms with Crippen molar-refractivity contribution in [2.75, 3.05) is 23.7 Å². The van der Waals surface area contributed by atoms with Gasteiger partial charge in [0.05, 0.1) is 0 Å². The first-order valence-electron chi connectivity index (χ1n) is 4.38. The van der Waals surface area contributed by atoms with E-state index in [4.69, 9.17) is 12.2 Å². The second kappa shape index (κ2) is 5.71. The molecule has 0 aromatic carbocycles. The number of anilines is 2. The lowest BCUT2D eigenvalue weighted by Gasteiger charge is -2.03. The summed E-state index contributed by atoms with van der Waals surface area (Å²) in [6.45, 7) is 5.59. The monoisotopic (exact) mass is 231 g/mol. The van der Waals surface area contributed by atoms with E-state index < -0.39 is 0 Å². The van der Waals surface area contributed by atoms with Gasteiger partial charge in [-0.15, -0.1) is 0 Å². The molecule has 5 nitrogen and oxygen atoms in total. The summed E-state index contributed by atoms with van der Waals surface area (Å²) in [5.41, 5.74) is 0. The Morgan fingerprint density at radius 1 is 1.43 bits per heavy atom. The molecule has 0 spiro atoms. The zero-order valence-corrected chi connectivity index (χ0v) is 9.76. The average molecular weight is 231 g/mol. The van der Waals surface area contributed by atoms with Crippen molar-refractivity contribution in [2.45, 2.75) is 13.8 Å². The van der Waals surface area contributed by atoms with Crippen LogP contribution < -0.4 is 16.0 Å². The number of hydrogen-bond donors (Lipinski definition) is 3. The van der Waals surface area contributed by atoms with E-state index in [1.807, 2.05) is 13.8 Å². The minimum atomic E-state index is 0.576. The molecule has 0 aliphatic heterocycles. The van der Waals surface area contributed by atoms with Crippen molar-refractivity contribution in [1.29, 1.82) is 0 Å². The number of rotatable bonds is 4. The topological polar surface area (TPSA) is 61.9 Å². The van der Waals surface area contributed by atoms with Crippen molar-refractivity contribution in [3.63, 3.8) is 0 Å². The third kappa shape index (κ3) is 3.43. The zero-order valence-electron chi connectivity index (χ0n) is 8.13. The van der Waals surface area contributed by atoms with Crippen LogP contribution in [0.15, 0.2) is 0 Å². The molecule has 1 heterocycles. The van der Waals surface area contributed by atoms with Crippen molar-refractivity contribution in [1.82, 2.24) is 14.7 Å². The molecule has 0 atom stereocenters. The third-order valence-corrected chi connectivity index (χ3v) is 2.20. The first-order valence-corrected chi connectivity index (χ1v) is 5.56. The molecule has 78 valence electrons. The van der Waals surface area contributed by atoms with Crippen molar-refractivity contribution in [3.05, 3.63) is 0 Å². The van der Waals surface area contributed by atoms with Gasteiger partial charge in [0.2, 0.25) is 11.1 Å². The van der Waals surface area contributed by atoms with Crippen LogP contribution in [0.2, 0.25) is 0 Å². The molecule has 1 aromatic rings. The Hall–Kier alpha value is -0.950. The van der Waals surface area contributed by atoms with Gasteiger partial charge in [-0.3, -0.25) is 0 Å². The lowest BCUT2D eigenvalue weighted by Crippen LogP contribution is -2.27. The first-order chi connectivity index (χ1) is 6.76. The number of aromatic nitrogens is 2. The molecule has 0 saturated carbocycles. The predicted molar refractivity (Wildman–Crippen MR) is 64.0 cm³/mol. The highest BCUT2D eigenvalue weighted by atomic mass is 32.1. The highest BCUT2D eigenvalue weighted by Crippen LogP contribution is 2.13. The van der Waals surface area contributed by atoms with E-state index in [0.717, 1.165) is 13.1 Å². The zero-order chi connectivity index (χ0) is 10.4. The SMILES string of the molecule is CCNC(=S)Nc1nc(NCC)ns1. The van der Waals surface area contributed by atoms with Gasteiger partial charge < -0.3 is 16.0 Å². The van der Waals surface area contributed by atoms with Gasteiger partial charge in [0, 0.05) is 24.6 Å². The van der Waals surface area contributed by atoms with Crippen LogP contribution in [0.1, 0.15) is 13.8 Å². The molecular weight excluding hydrogens is 218 g/mol. The van der Waals surface area contributed by atoms with Crippen LogP contribution in [0, 0.1) is 0 Å². The van der Waals surface area contributed by atoms with Crippen LogP contribution in [0.25, 0.3) is 0 Å². The Labute approximate surface area is 92.5 Å². The molecule has 7 heteroatoms. The van der Waals surface area contributed by atoms with Crippen molar-refractivity contribution in [2.24, 2.45) is 0 Å². The van der Waals surface area contributed by atoms with Gasteiger partial charge >= 0.3 is 0 Å². The summed E-state index contributed by atoms with van der Waals surface area (Å²) >= 11 is 6.29. The van der Waals surface area contributed by atoms with Crippen molar-refractivity contribution >= 4 is 39.9 Å². The Morgan fingerprint density at radius 3 is 2.86 bits per heavy atom. The van der Waals surface area contributed by atoms with Crippen molar-refractivity contribution in [3.8, 4) is 0 Å². The normalized spacial score (nSPS) is 9.57. The van der Waals surface area contributed by atoms with Crippen LogP contribution in [-0.2, 0) is 0 Å². The number of nitrogens with one attached hydrogen (secondary N) is 3. The number of nitrogens with zero attached hydrogens (tertiary/aromatic N) is 2. The average Bonchev–Trinajstić information content (AvgIpc) is 2.53. The molecule has 0 unspecified atom stereocenters. The maximum absolute atomic E-state index is 5.01. The third-order valence-electron chi connectivity index (χ3n) is 1.32. The Bertz CT molecular complexity index is 298. The molecular formula is C7H13N5S2. The molecule has 0 aliphatic rings. The Balaban J connectivity index is 2.46. The van der Waals surface area contributed by atoms with E-state index in [9.17, 15) is 0 Å². The fraction of sp³-hybridized carbons (Fsp3) is 0.571. The molecule has 0 saturated heterocycles. The Kier molecular flexibility index (Phi) is 4.54. The highest BCUT2D eigenvalue weighted by Gasteiger charge is 2.03. The van der Waals surface area contributed by atoms with E-state index in [1.165, 1.54) is 11.5 Å². The summed E-state index contributed by atoms with van der Waals surface area (Å²) in [5.74, 6) is 0.638. The van der Waals surface area contributed by atoms with Crippen LogP contribution in [0.4, 0.5) is 11.1 Å². The first kappa shape index (κ1) is 11.1. The second-order valence-corrected chi connectivity index (χ2v) is 3.60. The largest absolute Gasteiger partial charge is 0.363 e. The molecule has 3 N–H and O–H groups in total. The maximum atomic E-state index is 5.01. The molecule has 1 aromatic heterocycles. The fourth-order valence-electron chi connectivity index (χ4n) is 0.806. The lowest BCUT2D eigenvalue weighted by molar-refractivity contribution is 0.979. The summed E-state index contributed by atoms with van der Waals surface area (Å²) in [6, 6.07) is 0. The van der Waals surface area contributed by atoms with Crippen LogP contribution in [0.3, 0.4) is 0 Å². The number of hydrogen-bond acceptors (Lipinski definition) is 5. The van der Waals surface area contributed by atoms with Gasteiger partial charge in [0.25, 0.3) is 0 Å². The van der Waals surface area contributed by atoms with Crippen LogP contribution in [0.5, 0.6) is 0 Å². The maximum Gasteiger partial charge on any atom is 0.236 e. The van der Waals surface area contributed by atoms with Crippen LogP contribution >= 0.6 is 23.8 Å². The van der Waals surface area contributed by atoms with Gasteiger partial charge in [0.15, 0.2) is 5.11 Å². The van der Waals surface area contributed by atoms with Gasteiger partial charge in [-0.1, -0.05) is 0 Å². The van der Waals surface area contributed by atoms with E-state index >= 15 is 0 Å². The summed E-state index contributed by atoms with van der Waals surface area (Å²) in [4.78, 5) is 4.18. The fourth-order valence-corrected chi connectivity index (χ4v) is 1.66. The van der Waals surface area contributed by atoms with Gasteiger partial charge in [-0.2, -0.15) is 9.36 Å². The van der Waals surface area contributed by atoms with Crippen LogP contribution in [-0.4, -0.2) is 27.6 Å². The highest BCUT2D eigenvalue weighted by molar-refractivity contribution is 7.80. The van der Waals surface area contributed by atoms with Crippen molar-refractivity contribution < 1.29 is 0 Å². The Morgan fingerprint density at radius 2 is 2.21 bits per heavy atom. The smallest absolute Gasteiger partial charge is 0.236 e. The predicted octanol–water partition coefficient (Wildman–Crippen LogP) is 1.28.